The zero-order valence-corrected chi connectivity index (χ0v) is 11.9. The van der Waals surface area contributed by atoms with Gasteiger partial charge in [-0.3, -0.25) is 4.79 Å². The average Bonchev–Trinajstić information content (AvgIpc) is 2.92. The smallest absolute Gasteiger partial charge is 0.242 e. The van der Waals surface area contributed by atoms with Crippen molar-refractivity contribution in [1.82, 2.24) is 5.32 Å². The fourth-order valence-electron chi connectivity index (χ4n) is 3.54. The number of amides is 1. The fourth-order valence-corrected chi connectivity index (χ4v) is 3.54. The highest BCUT2D eigenvalue weighted by molar-refractivity contribution is 5.97. The van der Waals surface area contributed by atoms with E-state index >= 15 is 0 Å². The quantitative estimate of drug-likeness (QED) is 0.876. The molecule has 1 aliphatic carbocycles. The molecule has 2 aliphatic rings. The Morgan fingerprint density at radius 3 is 2.55 bits per heavy atom. The molecule has 1 amide bonds. The van der Waals surface area contributed by atoms with Crippen LogP contribution in [0, 0.1) is 17.2 Å². The van der Waals surface area contributed by atoms with Crippen LogP contribution in [0.3, 0.4) is 0 Å². The van der Waals surface area contributed by atoms with Crippen molar-refractivity contribution < 1.29 is 4.79 Å². The van der Waals surface area contributed by atoms with Gasteiger partial charge < -0.3 is 5.32 Å². The maximum absolute atomic E-state index is 12.4. The van der Waals surface area contributed by atoms with E-state index in [2.05, 4.69) is 17.5 Å². The van der Waals surface area contributed by atoms with Gasteiger partial charge in [-0.15, -0.1) is 0 Å². The molecule has 1 heterocycles. The van der Waals surface area contributed by atoms with Crippen LogP contribution in [0.15, 0.2) is 60.2 Å². The summed E-state index contributed by atoms with van der Waals surface area (Å²) in [5, 5.41) is 12.5. The largest absolute Gasteiger partial charge is 0.324 e. The highest BCUT2D eigenvalue weighted by atomic mass is 16.2. The summed E-state index contributed by atoms with van der Waals surface area (Å²) in [6, 6.07) is 20.2. The Kier molecular flexibility index (Phi) is 2.83. The first-order valence-corrected chi connectivity index (χ1v) is 7.36. The van der Waals surface area contributed by atoms with E-state index in [1.54, 1.807) is 0 Å². The van der Waals surface area contributed by atoms with Crippen LogP contribution < -0.4 is 5.32 Å². The minimum absolute atomic E-state index is 0.164. The Hall–Kier alpha value is -2.86. The van der Waals surface area contributed by atoms with E-state index < -0.39 is 5.92 Å². The number of allylic oxidation sites excluding steroid dienone is 1. The lowest BCUT2D eigenvalue weighted by molar-refractivity contribution is -0.122. The third kappa shape index (κ3) is 1.78. The zero-order valence-electron chi connectivity index (χ0n) is 11.9. The number of rotatable bonds is 1. The number of benzene rings is 2. The van der Waals surface area contributed by atoms with Crippen molar-refractivity contribution in [3.8, 4) is 6.07 Å². The number of carbonyl (C=O) groups excluding carboxylic acids is 1. The molecule has 106 valence electrons. The molecule has 4 rings (SSSR count). The number of hydrogen-bond acceptors (Lipinski definition) is 2. The van der Waals surface area contributed by atoms with Gasteiger partial charge in [0.05, 0.1) is 6.07 Å². The van der Waals surface area contributed by atoms with E-state index in [0.29, 0.717) is 0 Å². The van der Waals surface area contributed by atoms with Crippen LogP contribution in [0.4, 0.5) is 0 Å². The Labute approximate surface area is 128 Å². The van der Waals surface area contributed by atoms with Crippen LogP contribution in [0.25, 0.3) is 5.70 Å². The van der Waals surface area contributed by atoms with E-state index in [0.717, 1.165) is 28.8 Å². The molecule has 22 heavy (non-hydrogen) atoms. The SMILES string of the molecule is N#CC1C(=O)NC2=C(Cc3ccccc32)C1c1ccccc1. The van der Waals surface area contributed by atoms with E-state index in [9.17, 15) is 10.1 Å². The van der Waals surface area contributed by atoms with Crippen molar-refractivity contribution in [2.75, 3.05) is 0 Å². The molecular weight excluding hydrogens is 272 g/mol. The van der Waals surface area contributed by atoms with Crippen molar-refractivity contribution in [3.05, 3.63) is 76.9 Å². The normalized spacial score (nSPS) is 22.6. The summed E-state index contributed by atoms with van der Waals surface area (Å²) in [5.41, 5.74) is 5.39. The van der Waals surface area contributed by atoms with Gasteiger partial charge in [0.2, 0.25) is 5.91 Å². The van der Waals surface area contributed by atoms with Crippen LogP contribution in [-0.4, -0.2) is 5.91 Å². The minimum Gasteiger partial charge on any atom is -0.324 e. The molecule has 0 spiro atoms. The molecule has 0 saturated heterocycles. The van der Waals surface area contributed by atoms with E-state index in [1.165, 1.54) is 5.56 Å². The van der Waals surface area contributed by atoms with Crippen molar-refractivity contribution in [1.29, 1.82) is 5.26 Å². The summed E-state index contributed by atoms with van der Waals surface area (Å²) in [7, 11) is 0. The first kappa shape index (κ1) is 12.8. The van der Waals surface area contributed by atoms with Crippen LogP contribution in [-0.2, 0) is 11.2 Å². The second-order valence-electron chi connectivity index (χ2n) is 5.72. The molecular formula is C19H14N2O. The van der Waals surface area contributed by atoms with Gasteiger partial charge in [0.1, 0.15) is 5.92 Å². The van der Waals surface area contributed by atoms with Gasteiger partial charge >= 0.3 is 0 Å². The Bertz CT molecular complexity index is 830. The van der Waals surface area contributed by atoms with Gasteiger partial charge in [0.25, 0.3) is 0 Å². The van der Waals surface area contributed by atoms with Crippen molar-refractivity contribution in [3.63, 3.8) is 0 Å². The number of carbonyl (C=O) groups is 1. The summed E-state index contributed by atoms with van der Waals surface area (Å²) >= 11 is 0. The van der Waals surface area contributed by atoms with Crippen LogP contribution in [0.1, 0.15) is 22.6 Å². The average molecular weight is 286 g/mol. The van der Waals surface area contributed by atoms with Crippen LogP contribution >= 0.6 is 0 Å². The predicted molar refractivity (Wildman–Crippen MR) is 83.5 cm³/mol. The highest BCUT2D eigenvalue weighted by Crippen LogP contribution is 2.45. The predicted octanol–water partition coefficient (Wildman–Crippen LogP) is 3.01. The highest BCUT2D eigenvalue weighted by Gasteiger charge is 2.41. The second-order valence-corrected chi connectivity index (χ2v) is 5.72. The summed E-state index contributed by atoms with van der Waals surface area (Å²) in [5.74, 6) is -1.04. The number of nitriles is 1. The number of fused-ring (bicyclic) bond motifs is 2. The maximum atomic E-state index is 12.4. The van der Waals surface area contributed by atoms with Gasteiger partial charge in [0, 0.05) is 17.2 Å². The van der Waals surface area contributed by atoms with Crippen LogP contribution in [0.5, 0.6) is 0 Å². The van der Waals surface area contributed by atoms with Gasteiger partial charge in [-0.05, 0) is 23.1 Å². The number of nitrogens with one attached hydrogen (secondary N) is 1. The molecule has 2 aromatic rings. The second kappa shape index (κ2) is 4.85. The molecule has 1 aliphatic heterocycles. The molecule has 2 atom stereocenters. The summed E-state index contributed by atoms with van der Waals surface area (Å²) in [4.78, 5) is 12.4. The molecule has 3 heteroatoms. The molecule has 0 bridgehead atoms. The Morgan fingerprint density at radius 1 is 1.05 bits per heavy atom. The third-order valence-electron chi connectivity index (χ3n) is 4.53. The molecule has 0 radical (unpaired) electrons. The first-order valence-electron chi connectivity index (χ1n) is 7.36. The zero-order chi connectivity index (χ0) is 15.1. The van der Waals surface area contributed by atoms with E-state index in [1.807, 2.05) is 48.5 Å². The monoisotopic (exact) mass is 286 g/mol. The number of hydrogen-bond donors (Lipinski definition) is 1. The van der Waals surface area contributed by atoms with Crippen molar-refractivity contribution in [2.45, 2.75) is 12.3 Å². The molecule has 1 N–H and O–H groups in total. The fraction of sp³-hybridized carbons (Fsp3) is 0.158. The number of nitrogens with zero attached hydrogens (tertiary/aromatic N) is 1. The Morgan fingerprint density at radius 2 is 1.77 bits per heavy atom. The third-order valence-corrected chi connectivity index (χ3v) is 4.53. The summed E-state index contributed by atoms with van der Waals surface area (Å²) in [6.45, 7) is 0. The van der Waals surface area contributed by atoms with Crippen molar-refractivity contribution >= 4 is 11.6 Å². The maximum Gasteiger partial charge on any atom is 0.242 e. The molecule has 0 aromatic heterocycles. The lowest BCUT2D eigenvalue weighted by atomic mass is 9.77. The van der Waals surface area contributed by atoms with Gasteiger partial charge in [-0.25, -0.2) is 0 Å². The summed E-state index contributed by atoms with van der Waals surface area (Å²) < 4.78 is 0. The standard InChI is InChI=1S/C19H14N2O/c20-11-16-17(12-6-2-1-3-7-12)15-10-13-8-4-5-9-14(13)18(15)21-19(16)22/h1-9,16-17H,10H2,(H,21,22). The molecule has 2 aromatic carbocycles. The molecule has 0 fully saturated rings. The topological polar surface area (TPSA) is 52.9 Å². The lowest BCUT2D eigenvalue weighted by Gasteiger charge is -2.29. The van der Waals surface area contributed by atoms with Crippen LogP contribution in [0.2, 0.25) is 0 Å². The Balaban J connectivity index is 1.90. The first-order chi connectivity index (χ1) is 10.8. The van der Waals surface area contributed by atoms with Gasteiger partial charge in [-0.1, -0.05) is 54.6 Å². The minimum atomic E-state index is -0.671. The molecule has 2 unspecified atom stereocenters. The summed E-state index contributed by atoms with van der Waals surface area (Å²) in [6.07, 6.45) is 0.795. The molecule has 3 nitrogen and oxygen atoms in total. The van der Waals surface area contributed by atoms with E-state index in [4.69, 9.17) is 0 Å². The lowest BCUT2D eigenvalue weighted by Crippen LogP contribution is -2.38. The van der Waals surface area contributed by atoms with Gasteiger partial charge in [-0.2, -0.15) is 5.26 Å². The van der Waals surface area contributed by atoms with E-state index in [-0.39, 0.29) is 11.8 Å². The molecule has 0 saturated carbocycles. The van der Waals surface area contributed by atoms with Crippen molar-refractivity contribution in [2.24, 2.45) is 5.92 Å². The van der Waals surface area contributed by atoms with Gasteiger partial charge in [0.15, 0.2) is 0 Å².